The zero-order chi connectivity index (χ0) is 20.1. The highest BCUT2D eigenvalue weighted by atomic mass is 16.4. The Morgan fingerprint density at radius 3 is 2.68 bits per heavy atom. The molecule has 0 aromatic carbocycles. The lowest BCUT2D eigenvalue weighted by Gasteiger charge is -2.32. The number of hydrogen-bond acceptors (Lipinski definition) is 6. The van der Waals surface area contributed by atoms with E-state index in [0.717, 1.165) is 38.2 Å². The van der Waals surface area contributed by atoms with Gasteiger partial charge in [-0.15, -0.1) is 0 Å². The molecule has 1 fully saturated rings. The third kappa shape index (κ3) is 4.97. The number of nitrogens with zero attached hydrogens (tertiary/aromatic N) is 3. The highest BCUT2D eigenvalue weighted by molar-refractivity contribution is 5.95. The van der Waals surface area contributed by atoms with Gasteiger partial charge in [0.05, 0.1) is 6.20 Å². The van der Waals surface area contributed by atoms with E-state index < -0.39 is 5.63 Å². The van der Waals surface area contributed by atoms with Crippen molar-refractivity contribution in [1.29, 1.82) is 0 Å². The van der Waals surface area contributed by atoms with Gasteiger partial charge in [0.1, 0.15) is 17.1 Å². The maximum Gasteiger partial charge on any atom is 0.349 e. The average Bonchev–Trinajstić information content (AvgIpc) is 2.67. The van der Waals surface area contributed by atoms with Crippen LogP contribution in [0.15, 0.2) is 33.9 Å². The zero-order valence-electron chi connectivity index (χ0n) is 16.8. The smallest absolute Gasteiger partial charge is 0.349 e. The highest BCUT2D eigenvalue weighted by Gasteiger charge is 2.24. The van der Waals surface area contributed by atoms with Gasteiger partial charge >= 0.3 is 5.63 Å². The first-order valence-corrected chi connectivity index (χ1v) is 9.89. The summed E-state index contributed by atoms with van der Waals surface area (Å²) < 4.78 is 5.39. The molecule has 0 saturated carbocycles. The standard InChI is InChI=1S/C21H28N4O3/c1-14(2)4-5-17-12-15(3)19(21(27)28-17)20(26)24-16-6-10-25(11-7-16)18-13-22-8-9-23-18/h8-9,12-14,16H,4-7,10-11H2,1-3H3,(H,24,26). The summed E-state index contributed by atoms with van der Waals surface area (Å²) in [5.74, 6) is 1.67. The Morgan fingerprint density at radius 1 is 1.32 bits per heavy atom. The summed E-state index contributed by atoms with van der Waals surface area (Å²) >= 11 is 0. The number of hydrogen-bond donors (Lipinski definition) is 1. The first-order valence-electron chi connectivity index (χ1n) is 9.89. The van der Waals surface area contributed by atoms with Crippen molar-refractivity contribution >= 4 is 11.7 Å². The van der Waals surface area contributed by atoms with E-state index in [2.05, 4.69) is 34.0 Å². The van der Waals surface area contributed by atoms with Gasteiger partial charge in [-0.3, -0.25) is 9.78 Å². The number of nitrogens with one attached hydrogen (secondary N) is 1. The van der Waals surface area contributed by atoms with E-state index in [-0.39, 0.29) is 17.5 Å². The minimum absolute atomic E-state index is 0.0276. The van der Waals surface area contributed by atoms with E-state index in [0.29, 0.717) is 23.7 Å². The second kappa shape index (κ2) is 8.99. The van der Waals surface area contributed by atoms with Crippen LogP contribution in [0.1, 0.15) is 54.8 Å². The van der Waals surface area contributed by atoms with Crippen LogP contribution in [0.3, 0.4) is 0 Å². The topological polar surface area (TPSA) is 88.3 Å². The Bertz CT molecular complexity index is 856. The molecule has 1 saturated heterocycles. The molecule has 0 bridgehead atoms. The molecule has 0 atom stereocenters. The van der Waals surface area contributed by atoms with Crippen LogP contribution in [0.25, 0.3) is 0 Å². The summed E-state index contributed by atoms with van der Waals surface area (Å²) in [6.07, 6.45) is 8.30. The van der Waals surface area contributed by atoms with Crippen LogP contribution in [-0.4, -0.2) is 35.0 Å². The molecule has 0 aliphatic carbocycles. The summed E-state index contributed by atoms with van der Waals surface area (Å²) in [6.45, 7) is 7.61. The molecular formula is C21H28N4O3. The van der Waals surface area contributed by atoms with Gasteiger partial charge in [0.25, 0.3) is 5.91 Å². The Kier molecular flexibility index (Phi) is 6.44. The number of aromatic nitrogens is 2. The van der Waals surface area contributed by atoms with Crippen molar-refractivity contribution in [3.8, 4) is 0 Å². The van der Waals surface area contributed by atoms with Crippen molar-refractivity contribution in [3.05, 3.63) is 52.0 Å². The van der Waals surface area contributed by atoms with Gasteiger partial charge in [-0.25, -0.2) is 9.78 Å². The molecule has 0 spiro atoms. The van der Waals surface area contributed by atoms with E-state index in [1.807, 2.05) is 6.07 Å². The van der Waals surface area contributed by atoms with Crippen LogP contribution in [0, 0.1) is 12.8 Å². The SMILES string of the molecule is Cc1cc(CCC(C)C)oc(=O)c1C(=O)NC1CCN(c2cnccn2)CC1. The largest absolute Gasteiger partial charge is 0.427 e. The molecule has 1 aliphatic rings. The van der Waals surface area contributed by atoms with Gasteiger partial charge in [-0.05, 0) is 43.7 Å². The fraction of sp³-hybridized carbons (Fsp3) is 0.524. The number of anilines is 1. The summed E-state index contributed by atoms with van der Waals surface area (Å²) in [5, 5.41) is 3.00. The molecule has 28 heavy (non-hydrogen) atoms. The van der Waals surface area contributed by atoms with Crippen molar-refractivity contribution in [2.75, 3.05) is 18.0 Å². The molecule has 2 aromatic heterocycles. The van der Waals surface area contributed by atoms with Gasteiger partial charge in [0.15, 0.2) is 0 Å². The molecule has 7 heteroatoms. The predicted octanol–water partition coefficient (Wildman–Crippen LogP) is 2.73. The lowest BCUT2D eigenvalue weighted by molar-refractivity contribution is 0.0926. The van der Waals surface area contributed by atoms with Crippen LogP contribution in [-0.2, 0) is 6.42 Å². The van der Waals surface area contributed by atoms with Gasteiger partial charge < -0.3 is 14.6 Å². The summed E-state index contributed by atoms with van der Waals surface area (Å²) in [4.78, 5) is 35.6. The fourth-order valence-electron chi connectivity index (χ4n) is 3.47. The molecular weight excluding hydrogens is 356 g/mol. The van der Waals surface area contributed by atoms with E-state index in [4.69, 9.17) is 4.42 Å². The van der Waals surface area contributed by atoms with Gasteiger partial charge in [0.2, 0.25) is 0 Å². The minimum atomic E-state index is -0.548. The van der Waals surface area contributed by atoms with Crippen molar-refractivity contribution < 1.29 is 9.21 Å². The van der Waals surface area contributed by atoms with E-state index in [1.165, 1.54) is 0 Å². The third-order valence-corrected chi connectivity index (χ3v) is 5.10. The second-order valence-electron chi connectivity index (χ2n) is 7.79. The van der Waals surface area contributed by atoms with Gasteiger partial charge in [-0.2, -0.15) is 0 Å². The van der Waals surface area contributed by atoms with Gasteiger partial charge in [-0.1, -0.05) is 13.8 Å². The van der Waals surface area contributed by atoms with Gasteiger partial charge in [0, 0.05) is 37.9 Å². The van der Waals surface area contributed by atoms with Crippen LogP contribution in [0.2, 0.25) is 0 Å². The van der Waals surface area contributed by atoms with Crippen LogP contribution in [0.5, 0.6) is 0 Å². The quantitative estimate of drug-likeness (QED) is 0.824. The third-order valence-electron chi connectivity index (χ3n) is 5.10. The average molecular weight is 384 g/mol. The minimum Gasteiger partial charge on any atom is -0.427 e. The molecule has 1 N–H and O–H groups in total. The Balaban J connectivity index is 1.60. The molecule has 7 nitrogen and oxygen atoms in total. The second-order valence-corrected chi connectivity index (χ2v) is 7.79. The summed E-state index contributed by atoms with van der Waals surface area (Å²) in [7, 11) is 0. The summed E-state index contributed by atoms with van der Waals surface area (Å²) in [5.41, 5.74) is 0.238. The number of carbonyl (C=O) groups is 1. The number of carbonyl (C=O) groups excluding carboxylic acids is 1. The monoisotopic (exact) mass is 384 g/mol. The van der Waals surface area contributed by atoms with Crippen molar-refractivity contribution in [2.24, 2.45) is 5.92 Å². The molecule has 1 aliphatic heterocycles. The van der Waals surface area contributed by atoms with E-state index >= 15 is 0 Å². The number of aryl methyl sites for hydroxylation is 2. The summed E-state index contributed by atoms with van der Waals surface area (Å²) in [6, 6.07) is 1.84. The van der Waals surface area contributed by atoms with E-state index in [9.17, 15) is 9.59 Å². The van der Waals surface area contributed by atoms with Crippen molar-refractivity contribution in [2.45, 2.75) is 52.5 Å². The first kappa shape index (κ1) is 20.0. The fourth-order valence-corrected chi connectivity index (χ4v) is 3.47. The van der Waals surface area contributed by atoms with Crippen LogP contribution >= 0.6 is 0 Å². The molecule has 1 amide bonds. The Morgan fingerprint density at radius 2 is 2.07 bits per heavy atom. The normalized spacial score (nSPS) is 15.1. The van der Waals surface area contributed by atoms with Crippen LogP contribution in [0.4, 0.5) is 5.82 Å². The zero-order valence-corrected chi connectivity index (χ0v) is 16.8. The highest BCUT2D eigenvalue weighted by Crippen LogP contribution is 2.17. The molecule has 3 heterocycles. The van der Waals surface area contributed by atoms with Crippen LogP contribution < -0.4 is 15.8 Å². The lowest BCUT2D eigenvalue weighted by atomic mass is 10.0. The maximum atomic E-state index is 12.7. The predicted molar refractivity (Wildman–Crippen MR) is 108 cm³/mol. The number of rotatable bonds is 6. The molecule has 0 unspecified atom stereocenters. The molecule has 150 valence electrons. The number of amides is 1. The molecule has 3 rings (SSSR count). The van der Waals surface area contributed by atoms with Crippen molar-refractivity contribution in [3.63, 3.8) is 0 Å². The Labute approximate surface area is 165 Å². The first-order chi connectivity index (χ1) is 13.4. The Hall–Kier alpha value is -2.70. The van der Waals surface area contributed by atoms with Crippen molar-refractivity contribution in [1.82, 2.24) is 15.3 Å². The molecule has 2 aromatic rings. The maximum absolute atomic E-state index is 12.7. The van der Waals surface area contributed by atoms with E-state index in [1.54, 1.807) is 25.5 Å². The molecule has 0 radical (unpaired) electrons. The lowest BCUT2D eigenvalue weighted by Crippen LogP contribution is -2.46. The number of piperidine rings is 1.